The van der Waals surface area contributed by atoms with Crippen LogP contribution in [0.3, 0.4) is 0 Å². The van der Waals surface area contributed by atoms with Crippen LogP contribution in [0.4, 0.5) is 5.82 Å². The number of amides is 1. The van der Waals surface area contributed by atoms with Gasteiger partial charge in [0.25, 0.3) is 0 Å². The molecule has 0 aromatic carbocycles. The number of halogens is 1. The lowest BCUT2D eigenvalue weighted by Crippen LogP contribution is -2.14. The van der Waals surface area contributed by atoms with E-state index < -0.39 is 0 Å². The highest BCUT2D eigenvalue weighted by atomic mass is 79.9. The minimum Gasteiger partial charge on any atom is -0.309 e. The molecule has 0 saturated heterocycles. The SMILES string of the molecule is N#Cc1ncc(NC(=O)C2CC2)nc1Br. The molecule has 0 unspecified atom stereocenters. The molecular formula is C9H7BrN4O. The van der Waals surface area contributed by atoms with Crippen LogP contribution in [-0.4, -0.2) is 15.9 Å². The van der Waals surface area contributed by atoms with Crippen LogP contribution >= 0.6 is 15.9 Å². The Morgan fingerprint density at radius 2 is 2.40 bits per heavy atom. The highest BCUT2D eigenvalue weighted by Crippen LogP contribution is 2.30. The second kappa shape index (κ2) is 3.95. The van der Waals surface area contributed by atoms with Gasteiger partial charge in [-0.3, -0.25) is 4.79 Å². The fourth-order valence-corrected chi connectivity index (χ4v) is 1.46. The summed E-state index contributed by atoms with van der Waals surface area (Å²) in [6, 6.07) is 1.88. The molecule has 1 aliphatic carbocycles. The average molecular weight is 267 g/mol. The Morgan fingerprint density at radius 3 is 2.93 bits per heavy atom. The van der Waals surface area contributed by atoms with Crippen molar-refractivity contribution in [1.29, 1.82) is 5.26 Å². The highest BCUT2D eigenvalue weighted by Gasteiger charge is 2.29. The van der Waals surface area contributed by atoms with Crippen molar-refractivity contribution in [2.45, 2.75) is 12.8 Å². The third kappa shape index (κ3) is 2.30. The Bertz CT molecular complexity index is 450. The summed E-state index contributed by atoms with van der Waals surface area (Å²) in [7, 11) is 0. The van der Waals surface area contributed by atoms with Crippen LogP contribution < -0.4 is 5.32 Å². The number of anilines is 1. The first-order valence-corrected chi connectivity index (χ1v) is 5.23. The van der Waals surface area contributed by atoms with E-state index in [0.717, 1.165) is 12.8 Å². The number of hydrogen-bond acceptors (Lipinski definition) is 4. The molecule has 15 heavy (non-hydrogen) atoms. The van der Waals surface area contributed by atoms with Crippen LogP contribution in [0.25, 0.3) is 0 Å². The van der Waals surface area contributed by atoms with Crippen molar-refractivity contribution in [1.82, 2.24) is 9.97 Å². The maximum Gasteiger partial charge on any atom is 0.228 e. The standard InChI is InChI=1S/C9H7BrN4O/c10-8-6(3-11)12-4-7(13-8)14-9(15)5-1-2-5/h4-5H,1-2H2,(H,13,14,15). The van der Waals surface area contributed by atoms with Crippen LogP contribution in [0.2, 0.25) is 0 Å². The van der Waals surface area contributed by atoms with Gasteiger partial charge in [-0.15, -0.1) is 0 Å². The van der Waals surface area contributed by atoms with Gasteiger partial charge >= 0.3 is 0 Å². The molecule has 1 aliphatic rings. The van der Waals surface area contributed by atoms with Crippen molar-refractivity contribution in [2.24, 2.45) is 5.92 Å². The van der Waals surface area contributed by atoms with E-state index in [-0.39, 0.29) is 17.5 Å². The molecule has 1 amide bonds. The van der Waals surface area contributed by atoms with Crippen molar-refractivity contribution >= 4 is 27.7 Å². The molecule has 1 saturated carbocycles. The first-order valence-electron chi connectivity index (χ1n) is 4.44. The Balaban J connectivity index is 2.12. The van der Waals surface area contributed by atoms with Gasteiger partial charge in [-0.1, -0.05) is 0 Å². The predicted molar refractivity (Wildman–Crippen MR) is 55.8 cm³/mol. The zero-order valence-corrected chi connectivity index (χ0v) is 9.28. The molecule has 0 radical (unpaired) electrons. The topological polar surface area (TPSA) is 78.7 Å². The lowest BCUT2D eigenvalue weighted by Gasteiger charge is -2.02. The molecule has 5 nitrogen and oxygen atoms in total. The molecule has 0 aliphatic heterocycles. The molecule has 76 valence electrons. The number of rotatable bonds is 2. The molecule has 2 rings (SSSR count). The van der Waals surface area contributed by atoms with Gasteiger partial charge in [0.05, 0.1) is 6.20 Å². The number of nitriles is 1. The second-order valence-corrected chi connectivity index (χ2v) is 4.02. The summed E-state index contributed by atoms with van der Waals surface area (Å²) in [5.74, 6) is 0.472. The van der Waals surface area contributed by atoms with E-state index >= 15 is 0 Å². The zero-order valence-electron chi connectivity index (χ0n) is 7.70. The second-order valence-electron chi connectivity index (χ2n) is 3.27. The predicted octanol–water partition coefficient (Wildman–Crippen LogP) is 1.46. The quantitative estimate of drug-likeness (QED) is 0.879. The summed E-state index contributed by atoms with van der Waals surface area (Å²) >= 11 is 3.10. The van der Waals surface area contributed by atoms with Gasteiger partial charge < -0.3 is 5.32 Å². The number of carbonyl (C=O) groups excluding carboxylic acids is 1. The van der Waals surface area contributed by atoms with Crippen molar-refractivity contribution in [3.8, 4) is 6.07 Å². The number of aromatic nitrogens is 2. The smallest absolute Gasteiger partial charge is 0.228 e. The largest absolute Gasteiger partial charge is 0.309 e. The Hall–Kier alpha value is -1.48. The monoisotopic (exact) mass is 266 g/mol. The van der Waals surface area contributed by atoms with Gasteiger partial charge in [0.15, 0.2) is 11.5 Å². The molecule has 0 atom stereocenters. The number of hydrogen-bond donors (Lipinski definition) is 1. The lowest BCUT2D eigenvalue weighted by atomic mass is 10.4. The number of carbonyl (C=O) groups is 1. The molecule has 1 heterocycles. The minimum atomic E-state index is -0.0269. The van der Waals surface area contributed by atoms with Gasteiger partial charge in [-0.05, 0) is 28.8 Å². The maximum atomic E-state index is 11.4. The van der Waals surface area contributed by atoms with Crippen LogP contribution in [0.15, 0.2) is 10.8 Å². The van der Waals surface area contributed by atoms with Crippen LogP contribution in [-0.2, 0) is 4.79 Å². The first-order chi connectivity index (χ1) is 7.20. The van der Waals surface area contributed by atoms with E-state index in [1.807, 2.05) is 6.07 Å². The Morgan fingerprint density at radius 1 is 1.67 bits per heavy atom. The molecular weight excluding hydrogens is 260 g/mol. The minimum absolute atomic E-state index is 0.0269. The summed E-state index contributed by atoms with van der Waals surface area (Å²) in [6.07, 6.45) is 3.26. The summed E-state index contributed by atoms with van der Waals surface area (Å²) in [5.41, 5.74) is 0.208. The summed E-state index contributed by atoms with van der Waals surface area (Å²) in [4.78, 5) is 19.2. The van der Waals surface area contributed by atoms with Crippen LogP contribution in [0.1, 0.15) is 18.5 Å². The normalized spacial score (nSPS) is 14.4. The third-order valence-electron chi connectivity index (χ3n) is 2.04. The lowest BCUT2D eigenvalue weighted by molar-refractivity contribution is -0.117. The van der Waals surface area contributed by atoms with Crippen molar-refractivity contribution in [3.05, 3.63) is 16.5 Å². The van der Waals surface area contributed by atoms with Gasteiger partial charge in [0.1, 0.15) is 10.7 Å². The fourth-order valence-electron chi connectivity index (χ4n) is 1.08. The van der Waals surface area contributed by atoms with Crippen LogP contribution in [0, 0.1) is 17.2 Å². The van der Waals surface area contributed by atoms with Crippen LogP contribution in [0.5, 0.6) is 0 Å². The molecule has 0 bridgehead atoms. The number of nitrogens with one attached hydrogen (secondary N) is 1. The highest BCUT2D eigenvalue weighted by molar-refractivity contribution is 9.10. The van der Waals surface area contributed by atoms with Gasteiger partial charge in [-0.25, -0.2) is 9.97 Å². The fraction of sp³-hybridized carbons (Fsp3) is 0.333. The van der Waals surface area contributed by atoms with E-state index in [2.05, 4.69) is 31.2 Å². The van der Waals surface area contributed by atoms with E-state index in [1.165, 1.54) is 6.20 Å². The molecule has 6 heteroatoms. The molecule has 1 aromatic rings. The van der Waals surface area contributed by atoms with Crippen molar-refractivity contribution in [2.75, 3.05) is 5.32 Å². The van der Waals surface area contributed by atoms with E-state index in [1.54, 1.807) is 0 Å². The molecule has 1 fully saturated rings. The number of nitrogens with zero attached hydrogens (tertiary/aromatic N) is 3. The van der Waals surface area contributed by atoms with Gasteiger partial charge in [-0.2, -0.15) is 5.26 Å². The first kappa shape index (κ1) is 10.1. The Kier molecular flexibility index (Phi) is 2.64. The van der Waals surface area contributed by atoms with E-state index in [0.29, 0.717) is 10.4 Å². The summed E-state index contributed by atoms with van der Waals surface area (Å²) in [6.45, 7) is 0. The van der Waals surface area contributed by atoms with Crippen molar-refractivity contribution in [3.63, 3.8) is 0 Å². The van der Waals surface area contributed by atoms with Gasteiger partial charge in [0.2, 0.25) is 5.91 Å². The summed E-state index contributed by atoms with van der Waals surface area (Å²) < 4.78 is 0.346. The van der Waals surface area contributed by atoms with Crippen molar-refractivity contribution < 1.29 is 4.79 Å². The summed E-state index contributed by atoms with van der Waals surface area (Å²) in [5, 5.41) is 11.3. The zero-order chi connectivity index (χ0) is 10.8. The maximum absolute atomic E-state index is 11.4. The Labute approximate surface area is 94.7 Å². The molecule has 1 N–H and O–H groups in total. The molecule has 0 spiro atoms. The van der Waals surface area contributed by atoms with Gasteiger partial charge in [0, 0.05) is 5.92 Å². The van der Waals surface area contributed by atoms with E-state index in [9.17, 15) is 4.79 Å². The average Bonchev–Trinajstić information content (AvgIpc) is 3.01. The van der Waals surface area contributed by atoms with E-state index in [4.69, 9.17) is 5.26 Å². The third-order valence-corrected chi connectivity index (χ3v) is 2.59. The molecule has 1 aromatic heterocycles.